The van der Waals surface area contributed by atoms with Crippen molar-refractivity contribution in [3.8, 4) is 0 Å². The van der Waals surface area contributed by atoms with Crippen LogP contribution in [-0.2, 0) is 10.0 Å². The highest BCUT2D eigenvalue weighted by Crippen LogP contribution is 2.27. The van der Waals surface area contributed by atoms with E-state index in [2.05, 4.69) is 0 Å². The van der Waals surface area contributed by atoms with Gasteiger partial charge in [0.25, 0.3) is 5.91 Å². The molecule has 1 amide bonds. The minimum absolute atomic E-state index is 0.00484. The number of carbonyl (C=O) groups is 1. The highest BCUT2D eigenvalue weighted by Gasteiger charge is 2.29. The molecule has 2 aliphatic heterocycles. The molecule has 6 nitrogen and oxygen atoms in total. The maximum atomic E-state index is 12.6. The van der Waals surface area contributed by atoms with Gasteiger partial charge in [0.1, 0.15) is 0 Å². The molecule has 0 atom stereocenters. The molecule has 0 aliphatic carbocycles. The molecule has 0 radical (unpaired) electrons. The fraction of sp³-hybridized carbons (Fsp3) is 0.562. The monoisotopic (exact) mass is 337 g/mol. The first-order valence-electron chi connectivity index (χ1n) is 8.04. The Morgan fingerprint density at radius 3 is 2.48 bits per heavy atom. The molecule has 0 spiro atoms. The minimum atomic E-state index is -3.19. The predicted octanol–water partition coefficient (Wildman–Crippen LogP) is 1.10. The van der Waals surface area contributed by atoms with Gasteiger partial charge in [-0.25, -0.2) is 8.42 Å². The van der Waals surface area contributed by atoms with E-state index in [0.717, 1.165) is 18.4 Å². The molecular weight excluding hydrogens is 314 g/mol. The number of nitrogens with zero attached hydrogens (tertiary/aromatic N) is 2. The number of hydrogen-bond acceptors (Lipinski definition) is 4. The van der Waals surface area contributed by atoms with Gasteiger partial charge in [-0.3, -0.25) is 9.10 Å². The molecular formula is C16H23N3O3S. The average Bonchev–Trinajstić information content (AvgIpc) is 2.86. The number of likely N-dealkylation sites (tertiary alicyclic amines) is 1. The maximum Gasteiger partial charge on any atom is 0.254 e. The van der Waals surface area contributed by atoms with E-state index in [0.29, 0.717) is 37.3 Å². The first-order valence-corrected chi connectivity index (χ1v) is 9.65. The standard InChI is InChI=1S/C16H23N3O3S/c1-12-11-14(19-7-2-10-23(19,21)22)3-4-15(12)16(20)18-8-5-13(17)6-9-18/h3-4,11,13H,2,5-10,17H2,1H3. The van der Waals surface area contributed by atoms with Crippen LogP contribution < -0.4 is 10.0 Å². The molecule has 23 heavy (non-hydrogen) atoms. The van der Waals surface area contributed by atoms with Crippen molar-refractivity contribution in [3.05, 3.63) is 29.3 Å². The molecule has 2 saturated heterocycles. The van der Waals surface area contributed by atoms with E-state index in [4.69, 9.17) is 5.73 Å². The van der Waals surface area contributed by atoms with Crippen LogP contribution in [0.3, 0.4) is 0 Å². The lowest BCUT2D eigenvalue weighted by Crippen LogP contribution is -2.43. The van der Waals surface area contributed by atoms with E-state index in [-0.39, 0.29) is 17.7 Å². The Balaban J connectivity index is 1.81. The summed E-state index contributed by atoms with van der Waals surface area (Å²) in [5, 5.41) is 0. The van der Waals surface area contributed by atoms with E-state index in [1.54, 1.807) is 18.2 Å². The van der Waals surface area contributed by atoms with Gasteiger partial charge in [-0.05, 0) is 49.9 Å². The second-order valence-corrected chi connectivity index (χ2v) is 8.38. The van der Waals surface area contributed by atoms with Crippen molar-refractivity contribution in [3.63, 3.8) is 0 Å². The molecule has 3 rings (SSSR count). The largest absolute Gasteiger partial charge is 0.339 e. The van der Waals surface area contributed by atoms with Gasteiger partial charge in [0, 0.05) is 31.2 Å². The van der Waals surface area contributed by atoms with Crippen LogP contribution in [0.2, 0.25) is 0 Å². The van der Waals surface area contributed by atoms with Gasteiger partial charge < -0.3 is 10.6 Å². The fourth-order valence-electron chi connectivity index (χ4n) is 3.25. The summed E-state index contributed by atoms with van der Waals surface area (Å²) in [4.78, 5) is 14.5. The highest BCUT2D eigenvalue weighted by atomic mass is 32.2. The van der Waals surface area contributed by atoms with Crippen molar-refractivity contribution >= 4 is 21.6 Å². The quantitative estimate of drug-likeness (QED) is 0.876. The van der Waals surface area contributed by atoms with Crippen molar-refractivity contribution < 1.29 is 13.2 Å². The second-order valence-electron chi connectivity index (χ2n) is 6.37. The summed E-state index contributed by atoms with van der Waals surface area (Å²) in [6.07, 6.45) is 2.31. The number of carbonyl (C=O) groups excluding carboxylic acids is 1. The Kier molecular flexibility index (Phi) is 4.33. The summed E-state index contributed by atoms with van der Waals surface area (Å²) < 4.78 is 25.5. The first kappa shape index (κ1) is 16.3. The van der Waals surface area contributed by atoms with E-state index in [9.17, 15) is 13.2 Å². The van der Waals surface area contributed by atoms with Crippen LogP contribution in [-0.4, -0.2) is 50.7 Å². The summed E-state index contributed by atoms with van der Waals surface area (Å²) in [7, 11) is -3.19. The summed E-state index contributed by atoms with van der Waals surface area (Å²) in [5.74, 6) is 0.200. The summed E-state index contributed by atoms with van der Waals surface area (Å²) in [5.41, 5.74) is 7.98. The van der Waals surface area contributed by atoms with E-state index in [1.165, 1.54) is 4.31 Å². The molecule has 2 N–H and O–H groups in total. The number of amides is 1. The molecule has 0 bridgehead atoms. The van der Waals surface area contributed by atoms with E-state index >= 15 is 0 Å². The van der Waals surface area contributed by atoms with Gasteiger partial charge in [-0.1, -0.05) is 0 Å². The molecule has 7 heteroatoms. The maximum absolute atomic E-state index is 12.6. The molecule has 1 aromatic rings. The van der Waals surface area contributed by atoms with Crippen LogP contribution in [0.1, 0.15) is 35.2 Å². The van der Waals surface area contributed by atoms with Crippen molar-refractivity contribution in [2.45, 2.75) is 32.2 Å². The van der Waals surface area contributed by atoms with Crippen molar-refractivity contribution in [2.75, 3.05) is 29.7 Å². The number of benzene rings is 1. The molecule has 2 heterocycles. The topological polar surface area (TPSA) is 83.7 Å². The lowest BCUT2D eigenvalue weighted by Gasteiger charge is -2.30. The summed E-state index contributed by atoms with van der Waals surface area (Å²) in [6.45, 7) is 3.73. The van der Waals surface area contributed by atoms with Crippen molar-refractivity contribution in [2.24, 2.45) is 5.73 Å². The number of sulfonamides is 1. The number of nitrogens with two attached hydrogens (primary N) is 1. The predicted molar refractivity (Wildman–Crippen MR) is 90.0 cm³/mol. The third-order valence-electron chi connectivity index (χ3n) is 4.65. The normalized spacial score (nSPS) is 21.7. The van der Waals surface area contributed by atoms with Gasteiger partial charge in [0.2, 0.25) is 10.0 Å². The van der Waals surface area contributed by atoms with Crippen LogP contribution in [0, 0.1) is 6.92 Å². The van der Waals surface area contributed by atoms with Crippen LogP contribution in [0.15, 0.2) is 18.2 Å². The number of piperidine rings is 1. The van der Waals surface area contributed by atoms with Crippen molar-refractivity contribution in [1.82, 2.24) is 4.90 Å². The second kappa shape index (κ2) is 6.13. The van der Waals surface area contributed by atoms with E-state index in [1.807, 2.05) is 11.8 Å². The Labute approximate surface area is 137 Å². The van der Waals surface area contributed by atoms with Crippen LogP contribution in [0.4, 0.5) is 5.69 Å². The summed E-state index contributed by atoms with van der Waals surface area (Å²) >= 11 is 0. The van der Waals surface area contributed by atoms with Gasteiger partial charge in [0.05, 0.1) is 11.4 Å². The Bertz CT molecular complexity index is 709. The Morgan fingerprint density at radius 1 is 1.22 bits per heavy atom. The smallest absolute Gasteiger partial charge is 0.254 e. The van der Waals surface area contributed by atoms with Crippen molar-refractivity contribution in [1.29, 1.82) is 0 Å². The molecule has 0 unspecified atom stereocenters. The SMILES string of the molecule is Cc1cc(N2CCCS2(=O)=O)ccc1C(=O)N1CCC(N)CC1. The minimum Gasteiger partial charge on any atom is -0.339 e. The van der Waals surface area contributed by atoms with Crippen LogP contribution in [0.5, 0.6) is 0 Å². The van der Waals surface area contributed by atoms with Gasteiger partial charge in [-0.15, -0.1) is 0 Å². The summed E-state index contributed by atoms with van der Waals surface area (Å²) in [6, 6.07) is 5.46. The van der Waals surface area contributed by atoms with Gasteiger partial charge in [-0.2, -0.15) is 0 Å². The molecule has 0 saturated carbocycles. The highest BCUT2D eigenvalue weighted by molar-refractivity contribution is 7.93. The first-order chi connectivity index (χ1) is 10.9. The molecule has 2 aliphatic rings. The number of anilines is 1. The Hall–Kier alpha value is -1.60. The van der Waals surface area contributed by atoms with Crippen LogP contribution >= 0.6 is 0 Å². The van der Waals surface area contributed by atoms with Gasteiger partial charge >= 0.3 is 0 Å². The molecule has 2 fully saturated rings. The third kappa shape index (κ3) is 3.21. The average molecular weight is 337 g/mol. The zero-order valence-corrected chi connectivity index (χ0v) is 14.2. The zero-order valence-electron chi connectivity index (χ0n) is 13.4. The number of aryl methyl sites for hydroxylation is 1. The van der Waals surface area contributed by atoms with E-state index < -0.39 is 10.0 Å². The van der Waals surface area contributed by atoms with Gasteiger partial charge in [0.15, 0.2) is 0 Å². The fourth-order valence-corrected chi connectivity index (χ4v) is 4.80. The number of rotatable bonds is 2. The molecule has 1 aromatic carbocycles. The third-order valence-corrected chi connectivity index (χ3v) is 6.52. The number of hydrogen-bond donors (Lipinski definition) is 1. The Morgan fingerprint density at radius 2 is 1.91 bits per heavy atom. The molecule has 0 aromatic heterocycles. The lowest BCUT2D eigenvalue weighted by atomic mass is 10.0. The lowest BCUT2D eigenvalue weighted by molar-refractivity contribution is 0.0714. The van der Waals surface area contributed by atoms with Crippen LogP contribution in [0.25, 0.3) is 0 Å². The zero-order chi connectivity index (χ0) is 16.6. The molecule has 126 valence electrons.